The van der Waals surface area contributed by atoms with E-state index >= 15 is 0 Å². The van der Waals surface area contributed by atoms with E-state index in [0.29, 0.717) is 22.3 Å². The van der Waals surface area contributed by atoms with Crippen LogP contribution < -0.4 is 10.6 Å². The monoisotopic (exact) mass is 491 g/mol. The number of hydrogen-bond acceptors (Lipinski definition) is 6. The lowest BCUT2D eigenvalue weighted by atomic mass is 10.2. The van der Waals surface area contributed by atoms with Crippen molar-refractivity contribution in [2.75, 3.05) is 6.54 Å². The summed E-state index contributed by atoms with van der Waals surface area (Å²) in [6, 6.07) is 14.0. The fourth-order valence-corrected chi connectivity index (χ4v) is 3.67. The van der Waals surface area contributed by atoms with Gasteiger partial charge in [0.15, 0.2) is 0 Å². The maximum Gasteiger partial charge on any atom is 0.325 e. The molecule has 0 aliphatic rings. The molecule has 2 amide bonds. The third kappa shape index (κ3) is 7.33. The molecule has 2 aromatic carbocycles. The number of nitrogens with zero attached hydrogens (tertiary/aromatic N) is 1. The van der Waals surface area contributed by atoms with Crippen LogP contribution >= 0.6 is 34.5 Å². The quantitative estimate of drug-likeness (QED) is 0.443. The van der Waals surface area contributed by atoms with Crippen LogP contribution in [0.4, 0.5) is 0 Å². The zero-order valence-corrected chi connectivity index (χ0v) is 19.1. The number of halogens is 2. The van der Waals surface area contributed by atoms with Gasteiger partial charge in [-0.3, -0.25) is 14.4 Å². The van der Waals surface area contributed by atoms with Crippen LogP contribution in [-0.2, 0) is 33.9 Å². The summed E-state index contributed by atoms with van der Waals surface area (Å²) in [5.74, 6) is -1.23. The molecule has 0 radical (unpaired) electrons. The van der Waals surface area contributed by atoms with Crippen LogP contribution in [0.5, 0.6) is 0 Å². The summed E-state index contributed by atoms with van der Waals surface area (Å²) in [5.41, 5.74) is 1.82. The summed E-state index contributed by atoms with van der Waals surface area (Å²) in [5, 5.41) is 8.22. The molecule has 0 saturated heterocycles. The van der Waals surface area contributed by atoms with E-state index in [4.69, 9.17) is 27.9 Å². The summed E-state index contributed by atoms with van der Waals surface area (Å²) in [6.07, 6.45) is 0.144. The van der Waals surface area contributed by atoms with Crippen molar-refractivity contribution in [1.29, 1.82) is 0 Å². The number of carbonyl (C=O) groups is 3. The number of nitrogens with one attached hydrogen (secondary N) is 2. The molecule has 7 nitrogen and oxygen atoms in total. The molecule has 32 heavy (non-hydrogen) atoms. The first-order chi connectivity index (χ1) is 15.4. The molecule has 0 saturated carbocycles. The van der Waals surface area contributed by atoms with Gasteiger partial charge in [-0.25, -0.2) is 4.98 Å². The van der Waals surface area contributed by atoms with E-state index in [2.05, 4.69) is 15.6 Å². The smallest absolute Gasteiger partial charge is 0.325 e. The van der Waals surface area contributed by atoms with Crippen molar-refractivity contribution >= 4 is 52.3 Å². The van der Waals surface area contributed by atoms with Crippen LogP contribution in [0.25, 0.3) is 0 Å². The standard InChI is InChI=1S/C22H19Cl2N3O4S/c23-17-7-6-15(8-18(17)24)22(30)26-11-21(29)31-12-16-13-32-20(27-16)9-19(28)25-10-14-4-2-1-3-5-14/h1-8,13H,9-12H2,(H,25,28)(H,26,30). The van der Waals surface area contributed by atoms with Gasteiger partial charge in [-0.2, -0.15) is 0 Å². The number of thiazole rings is 1. The highest BCUT2D eigenvalue weighted by atomic mass is 35.5. The van der Waals surface area contributed by atoms with Gasteiger partial charge >= 0.3 is 5.97 Å². The minimum absolute atomic E-state index is 0.0520. The minimum atomic E-state index is -0.617. The molecule has 0 aliphatic heterocycles. The molecule has 0 unspecified atom stereocenters. The molecule has 3 aromatic rings. The molecule has 2 N–H and O–H groups in total. The van der Waals surface area contributed by atoms with E-state index in [1.54, 1.807) is 5.38 Å². The highest BCUT2D eigenvalue weighted by molar-refractivity contribution is 7.09. The maximum atomic E-state index is 12.1. The van der Waals surface area contributed by atoms with Gasteiger partial charge in [0.05, 0.1) is 22.2 Å². The Kier molecular flexibility index (Phi) is 8.61. The number of hydrogen-bond donors (Lipinski definition) is 2. The maximum absolute atomic E-state index is 12.1. The normalized spacial score (nSPS) is 10.4. The Hall–Kier alpha value is -2.94. The van der Waals surface area contributed by atoms with Gasteiger partial charge in [0.25, 0.3) is 5.91 Å². The molecule has 10 heteroatoms. The van der Waals surface area contributed by atoms with Gasteiger partial charge < -0.3 is 15.4 Å². The fraction of sp³-hybridized carbons (Fsp3) is 0.182. The molecule has 0 bridgehead atoms. The van der Waals surface area contributed by atoms with Crippen LogP contribution in [0.15, 0.2) is 53.9 Å². The molecule has 0 spiro atoms. The van der Waals surface area contributed by atoms with E-state index < -0.39 is 11.9 Å². The first-order valence-electron chi connectivity index (χ1n) is 9.53. The predicted octanol–water partition coefficient (Wildman–Crippen LogP) is 3.78. The van der Waals surface area contributed by atoms with E-state index in [-0.39, 0.29) is 36.1 Å². The Balaban J connectivity index is 1.38. The molecule has 0 atom stereocenters. The minimum Gasteiger partial charge on any atom is -0.458 e. The molecular formula is C22H19Cl2N3O4S. The van der Waals surface area contributed by atoms with Crippen LogP contribution in [0.2, 0.25) is 10.0 Å². The fourth-order valence-electron chi connectivity index (χ4n) is 2.59. The number of benzene rings is 2. The van der Waals surface area contributed by atoms with Crippen molar-refractivity contribution in [3.05, 3.63) is 85.8 Å². The Bertz CT molecular complexity index is 1110. The molecule has 0 fully saturated rings. The Morgan fingerprint density at radius 1 is 1.00 bits per heavy atom. The Morgan fingerprint density at radius 2 is 1.78 bits per heavy atom. The molecule has 3 rings (SSSR count). The number of carbonyl (C=O) groups excluding carboxylic acids is 3. The summed E-state index contributed by atoms with van der Waals surface area (Å²) < 4.78 is 5.12. The topological polar surface area (TPSA) is 97.4 Å². The van der Waals surface area contributed by atoms with E-state index in [1.807, 2.05) is 30.3 Å². The number of aromatic nitrogens is 1. The van der Waals surface area contributed by atoms with Crippen molar-refractivity contribution in [1.82, 2.24) is 15.6 Å². The second-order valence-electron chi connectivity index (χ2n) is 6.64. The predicted molar refractivity (Wildman–Crippen MR) is 123 cm³/mol. The Labute approximate surface area is 198 Å². The van der Waals surface area contributed by atoms with Crippen LogP contribution in [0, 0.1) is 0 Å². The van der Waals surface area contributed by atoms with Gasteiger partial charge in [0.2, 0.25) is 5.91 Å². The average molecular weight is 492 g/mol. The average Bonchev–Trinajstić information content (AvgIpc) is 3.24. The zero-order chi connectivity index (χ0) is 22.9. The SMILES string of the molecule is O=C(Cc1nc(COC(=O)CNC(=O)c2ccc(Cl)c(Cl)c2)cs1)NCc1ccccc1. The van der Waals surface area contributed by atoms with Gasteiger partial charge in [0, 0.05) is 17.5 Å². The van der Waals surface area contributed by atoms with Crippen molar-refractivity contribution in [3.63, 3.8) is 0 Å². The summed E-state index contributed by atoms with van der Waals surface area (Å²) in [4.78, 5) is 40.4. The van der Waals surface area contributed by atoms with Crippen molar-refractivity contribution in [2.24, 2.45) is 0 Å². The first-order valence-corrected chi connectivity index (χ1v) is 11.2. The van der Waals surface area contributed by atoms with E-state index in [1.165, 1.54) is 29.5 Å². The highest BCUT2D eigenvalue weighted by Crippen LogP contribution is 2.22. The zero-order valence-electron chi connectivity index (χ0n) is 16.8. The third-order valence-corrected chi connectivity index (χ3v) is 5.84. The number of rotatable bonds is 9. The van der Waals surface area contributed by atoms with Crippen molar-refractivity contribution in [3.8, 4) is 0 Å². The largest absolute Gasteiger partial charge is 0.458 e. The van der Waals surface area contributed by atoms with Crippen LogP contribution in [0.1, 0.15) is 26.6 Å². The first kappa shape index (κ1) is 23.7. The summed E-state index contributed by atoms with van der Waals surface area (Å²) in [7, 11) is 0. The van der Waals surface area contributed by atoms with E-state index in [0.717, 1.165) is 5.56 Å². The summed E-state index contributed by atoms with van der Waals surface area (Å²) in [6.45, 7) is 0.0883. The second-order valence-corrected chi connectivity index (χ2v) is 8.40. The molecule has 0 aliphatic carbocycles. The van der Waals surface area contributed by atoms with Crippen molar-refractivity contribution in [2.45, 2.75) is 19.6 Å². The molecular weight excluding hydrogens is 473 g/mol. The number of ether oxygens (including phenoxy) is 1. The molecule has 1 aromatic heterocycles. The van der Waals surface area contributed by atoms with E-state index in [9.17, 15) is 14.4 Å². The van der Waals surface area contributed by atoms with Gasteiger partial charge in [-0.1, -0.05) is 53.5 Å². The highest BCUT2D eigenvalue weighted by Gasteiger charge is 2.12. The van der Waals surface area contributed by atoms with Crippen LogP contribution in [0.3, 0.4) is 0 Å². The van der Waals surface area contributed by atoms with Crippen LogP contribution in [-0.4, -0.2) is 29.3 Å². The lowest BCUT2D eigenvalue weighted by Crippen LogP contribution is -2.30. The number of esters is 1. The lowest BCUT2D eigenvalue weighted by Gasteiger charge is -2.06. The lowest BCUT2D eigenvalue weighted by molar-refractivity contribution is -0.143. The Morgan fingerprint density at radius 3 is 2.53 bits per heavy atom. The number of amides is 2. The van der Waals surface area contributed by atoms with Crippen molar-refractivity contribution < 1.29 is 19.1 Å². The third-order valence-electron chi connectivity index (χ3n) is 4.20. The van der Waals surface area contributed by atoms with Gasteiger partial charge in [-0.05, 0) is 23.8 Å². The molecule has 1 heterocycles. The van der Waals surface area contributed by atoms with Gasteiger partial charge in [0.1, 0.15) is 18.2 Å². The second kappa shape index (κ2) is 11.6. The summed E-state index contributed by atoms with van der Waals surface area (Å²) >= 11 is 13.0. The molecule has 166 valence electrons. The van der Waals surface area contributed by atoms with Gasteiger partial charge in [-0.15, -0.1) is 11.3 Å².